The summed E-state index contributed by atoms with van der Waals surface area (Å²) in [5, 5.41) is 0. The minimum Gasteiger partial charge on any atom is -0.469 e. The Morgan fingerprint density at radius 3 is 1.52 bits per heavy atom. The molecule has 0 spiro atoms. The highest BCUT2D eigenvalue weighted by Gasteiger charge is 2.28. The van der Waals surface area contributed by atoms with E-state index in [2.05, 4.69) is 18.7 Å². The molecule has 0 aliphatic rings. The summed E-state index contributed by atoms with van der Waals surface area (Å²) in [6, 6.07) is -0.418. The molecule has 0 rings (SSSR count). The van der Waals surface area contributed by atoms with Gasteiger partial charge in [-0.25, -0.2) is 0 Å². The van der Waals surface area contributed by atoms with Crippen molar-refractivity contribution in [1.82, 2.24) is 4.90 Å². The Morgan fingerprint density at radius 1 is 0.852 bits per heavy atom. The molecule has 0 fully saturated rings. The zero-order chi connectivity index (χ0) is 20.8. The van der Waals surface area contributed by atoms with Crippen LogP contribution < -0.4 is 5.73 Å². The molecule has 7 heteroatoms. The normalized spacial score (nSPS) is 14.4. The van der Waals surface area contributed by atoms with Crippen LogP contribution in [0.4, 0.5) is 0 Å². The maximum Gasteiger partial charge on any atom is 0.305 e. The maximum absolute atomic E-state index is 12.0. The highest BCUT2D eigenvalue weighted by atomic mass is 16.5. The van der Waals surface area contributed by atoms with Gasteiger partial charge in [-0.05, 0) is 31.1 Å². The Hall–Kier alpha value is -1.63. The average Bonchev–Trinajstić information content (AvgIpc) is 2.61. The van der Waals surface area contributed by atoms with Crippen LogP contribution in [0, 0.1) is 11.8 Å². The fourth-order valence-electron chi connectivity index (χ4n) is 3.60. The summed E-state index contributed by atoms with van der Waals surface area (Å²) in [6.07, 6.45) is 4.79. The third-order valence-corrected chi connectivity index (χ3v) is 4.90. The van der Waals surface area contributed by atoms with E-state index in [9.17, 15) is 14.4 Å². The van der Waals surface area contributed by atoms with E-state index in [1.54, 1.807) is 0 Å². The van der Waals surface area contributed by atoms with E-state index in [0.29, 0.717) is 32.4 Å². The first-order valence-corrected chi connectivity index (χ1v) is 9.99. The number of amides is 1. The summed E-state index contributed by atoms with van der Waals surface area (Å²) in [6.45, 7) is 7.21. The molecule has 0 aromatic heterocycles. The summed E-state index contributed by atoms with van der Waals surface area (Å²) in [4.78, 5) is 37.6. The van der Waals surface area contributed by atoms with Crippen LogP contribution in [-0.2, 0) is 23.9 Å². The number of methoxy groups -OCH3 is 2. The number of hydrogen-bond donors (Lipinski definition) is 1. The van der Waals surface area contributed by atoms with Gasteiger partial charge in [-0.1, -0.05) is 33.6 Å². The van der Waals surface area contributed by atoms with Gasteiger partial charge in [0.15, 0.2) is 0 Å². The van der Waals surface area contributed by atoms with Crippen molar-refractivity contribution in [2.75, 3.05) is 27.3 Å². The molecule has 0 radical (unpaired) electrons. The van der Waals surface area contributed by atoms with Gasteiger partial charge in [-0.2, -0.15) is 0 Å². The fourth-order valence-corrected chi connectivity index (χ4v) is 3.60. The van der Waals surface area contributed by atoms with Crippen molar-refractivity contribution in [2.45, 2.75) is 71.8 Å². The zero-order valence-electron chi connectivity index (χ0n) is 17.7. The first-order chi connectivity index (χ1) is 12.8. The number of nitrogens with zero attached hydrogens (tertiary/aromatic N) is 1. The Labute approximate surface area is 163 Å². The number of esters is 2. The number of rotatable bonds is 15. The second kappa shape index (κ2) is 14.4. The number of carbonyl (C=O) groups is 3. The topological polar surface area (TPSA) is 98.9 Å². The van der Waals surface area contributed by atoms with Crippen molar-refractivity contribution in [3.63, 3.8) is 0 Å². The average molecular weight is 387 g/mol. The first-order valence-electron chi connectivity index (χ1n) is 9.99. The van der Waals surface area contributed by atoms with Gasteiger partial charge in [0.05, 0.1) is 20.3 Å². The van der Waals surface area contributed by atoms with Crippen molar-refractivity contribution >= 4 is 17.8 Å². The molecular weight excluding hydrogens is 348 g/mol. The predicted molar refractivity (Wildman–Crippen MR) is 105 cm³/mol. The van der Waals surface area contributed by atoms with Crippen LogP contribution in [0.25, 0.3) is 0 Å². The first kappa shape index (κ1) is 25.4. The van der Waals surface area contributed by atoms with E-state index in [4.69, 9.17) is 15.2 Å². The minimum atomic E-state index is -0.418. The van der Waals surface area contributed by atoms with Crippen LogP contribution in [0.3, 0.4) is 0 Å². The Morgan fingerprint density at radius 2 is 1.26 bits per heavy atom. The molecule has 0 bridgehead atoms. The van der Waals surface area contributed by atoms with Gasteiger partial charge in [-0.15, -0.1) is 0 Å². The standard InChI is InChI=1S/C20H38N2O5/c1-6-9-15(11-18(23)26-4)13-22(17(8-3)20(21)25)14-16(10-7-2)12-19(24)27-5/h15-17H,6-14H2,1-5H3,(H2,21,25)/t15-,16-,17+/m1/s1. The molecule has 2 N–H and O–H groups in total. The summed E-state index contributed by atoms with van der Waals surface area (Å²) in [7, 11) is 2.77. The van der Waals surface area contributed by atoms with Gasteiger partial charge in [0, 0.05) is 25.9 Å². The smallest absolute Gasteiger partial charge is 0.305 e. The van der Waals surface area contributed by atoms with Crippen LogP contribution in [0.15, 0.2) is 0 Å². The minimum absolute atomic E-state index is 0.0799. The van der Waals surface area contributed by atoms with Crippen molar-refractivity contribution in [3.05, 3.63) is 0 Å². The number of nitrogens with two attached hydrogens (primary N) is 1. The van der Waals surface area contributed by atoms with E-state index in [-0.39, 0.29) is 29.7 Å². The van der Waals surface area contributed by atoms with E-state index in [1.807, 2.05) is 6.92 Å². The lowest BCUT2D eigenvalue weighted by Crippen LogP contribution is -2.48. The Kier molecular flexibility index (Phi) is 13.6. The molecule has 0 aromatic rings. The van der Waals surface area contributed by atoms with Gasteiger partial charge in [-0.3, -0.25) is 19.3 Å². The maximum atomic E-state index is 12.0. The third-order valence-electron chi connectivity index (χ3n) is 4.90. The monoisotopic (exact) mass is 386 g/mol. The molecule has 0 saturated carbocycles. The Bertz CT molecular complexity index is 426. The van der Waals surface area contributed by atoms with Crippen molar-refractivity contribution in [3.8, 4) is 0 Å². The second-order valence-electron chi connectivity index (χ2n) is 7.15. The van der Waals surface area contributed by atoms with Crippen LogP contribution >= 0.6 is 0 Å². The molecule has 158 valence electrons. The lowest BCUT2D eigenvalue weighted by Gasteiger charge is -2.34. The fraction of sp³-hybridized carbons (Fsp3) is 0.850. The lowest BCUT2D eigenvalue weighted by molar-refractivity contribution is -0.142. The molecule has 0 aromatic carbocycles. The number of carbonyl (C=O) groups excluding carboxylic acids is 3. The summed E-state index contributed by atoms with van der Waals surface area (Å²) < 4.78 is 9.64. The third kappa shape index (κ3) is 10.3. The molecule has 0 aliphatic heterocycles. The largest absolute Gasteiger partial charge is 0.469 e. The van der Waals surface area contributed by atoms with Crippen LogP contribution in [0.5, 0.6) is 0 Å². The molecule has 0 aliphatic carbocycles. The molecule has 7 nitrogen and oxygen atoms in total. The van der Waals surface area contributed by atoms with E-state index in [0.717, 1.165) is 25.7 Å². The lowest BCUT2D eigenvalue weighted by atomic mass is 9.94. The summed E-state index contributed by atoms with van der Waals surface area (Å²) >= 11 is 0. The van der Waals surface area contributed by atoms with Gasteiger partial charge in [0.1, 0.15) is 0 Å². The van der Waals surface area contributed by atoms with Crippen LogP contribution in [0.1, 0.15) is 65.7 Å². The zero-order valence-corrected chi connectivity index (χ0v) is 17.7. The van der Waals surface area contributed by atoms with Gasteiger partial charge in [0.25, 0.3) is 0 Å². The van der Waals surface area contributed by atoms with Crippen LogP contribution in [-0.4, -0.2) is 56.1 Å². The highest BCUT2D eigenvalue weighted by molar-refractivity contribution is 5.79. The molecule has 3 atom stereocenters. The summed E-state index contributed by atoms with van der Waals surface area (Å²) in [5.41, 5.74) is 5.64. The number of hydrogen-bond acceptors (Lipinski definition) is 6. The molecule has 27 heavy (non-hydrogen) atoms. The SMILES string of the molecule is CCC[C@H](CC(=O)OC)CN(C[C@H](CCC)CC(=O)OC)[C@@H](CC)C(N)=O. The van der Waals surface area contributed by atoms with E-state index >= 15 is 0 Å². The predicted octanol–water partition coefficient (Wildman–Crippen LogP) is 2.51. The van der Waals surface area contributed by atoms with Gasteiger partial charge < -0.3 is 15.2 Å². The molecule has 0 saturated heterocycles. The van der Waals surface area contributed by atoms with Crippen molar-refractivity contribution < 1.29 is 23.9 Å². The highest BCUT2D eigenvalue weighted by Crippen LogP contribution is 2.21. The van der Waals surface area contributed by atoms with Crippen molar-refractivity contribution in [2.24, 2.45) is 17.6 Å². The van der Waals surface area contributed by atoms with Crippen LogP contribution in [0.2, 0.25) is 0 Å². The second-order valence-corrected chi connectivity index (χ2v) is 7.15. The quantitative estimate of drug-likeness (QED) is 0.434. The molecule has 0 unspecified atom stereocenters. The van der Waals surface area contributed by atoms with Gasteiger partial charge in [0.2, 0.25) is 5.91 Å². The molecule has 0 heterocycles. The number of ether oxygens (including phenoxy) is 2. The van der Waals surface area contributed by atoms with Gasteiger partial charge >= 0.3 is 11.9 Å². The van der Waals surface area contributed by atoms with E-state index in [1.165, 1.54) is 14.2 Å². The summed E-state index contributed by atoms with van der Waals surface area (Å²) in [5.74, 6) is -0.716. The van der Waals surface area contributed by atoms with Crippen molar-refractivity contribution in [1.29, 1.82) is 0 Å². The van der Waals surface area contributed by atoms with E-state index < -0.39 is 6.04 Å². The number of primary amides is 1. The molecular formula is C20H38N2O5. The molecule has 1 amide bonds. The Balaban J connectivity index is 5.40.